The van der Waals surface area contributed by atoms with Crippen molar-refractivity contribution in [3.05, 3.63) is 66.0 Å². The number of halogens is 3. The van der Waals surface area contributed by atoms with Crippen LogP contribution in [0.2, 0.25) is 0 Å². The second-order valence-electron chi connectivity index (χ2n) is 6.18. The summed E-state index contributed by atoms with van der Waals surface area (Å²) in [7, 11) is 1.24. The minimum absolute atomic E-state index is 0.0671. The smallest absolute Gasteiger partial charge is 0.464 e. The normalized spacial score (nSPS) is 11.1. The Hall–Kier alpha value is -3.66. The summed E-state index contributed by atoms with van der Waals surface area (Å²) in [5.41, 5.74) is 1.14. The second-order valence-corrected chi connectivity index (χ2v) is 6.18. The van der Waals surface area contributed by atoms with Gasteiger partial charge in [0.25, 0.3) is 0 Å². The molecule has 0 amide bonds. The Bertz CT molecular complexity index is 1040. The summed E-state index contributed by atoms with van der Waals surface area (Å²) < 4.78 is 50.8. The van der Waals surface area contributed by atoms with Crippen molar-refractivity contribution in [1.82, 2.24) is 9.97 Å². The van der Waals surface area contributed by atoms with E-state index in [1.54, 1.807) is 24.3 Å². The van der Waals surface area contributed by atoms with Crippen LogP contribution in [0.3, 0.4) is 0 Å². The summed E-state index contributed by atoms with van der Waals surface area (Å²) in [5.74, 6) is 0.0354. The molecule has 0 aliphatic carbocycles. The largest absolute Gasteiger partial charge is 0.573 e. The molecule has 3 aromatic rings. The van der Waals surface area contributed by atoms with E-state index in [-0.39, 0.29) is 30.3 Å². The van der Waals surface area contributed by atoms with Gasteiger partial charge >= 0.3 is 12.3 Å². The molecule has 162 valence electrons. The van der Waals surface area contributed by atoms with E-state index in [0.29, 0.717) is 22.8 Å². The summed E-state index contributed by atoms with van der Waals surface area (Å²) in [6.07, 6.45) is -4.52. The van der Waals surface area contributed by atoms with Gasteiger partial charge in [0.1, 0.15) is 17.2 Å². The lowest BCUT2D eigenvalue weighted by atomic mass is 10.1. The Morgan fingerprint density at radius 1 is 0.968 bits per heavy atom. The summed E-state index contributed by atoms with van der Waals surface area (Å²) in [4.78, 5) is 20.4. The molecular formula is C21H17F3N2O5. The first kappa shape index (κ1) is 22.0. The monoisotopic (exact) mass is 434 g/mol. The van der Waals surface area contributed by atoms with Crippen LogP contribution in [0.15, 0.2) is 54.6 Å². The summed E-state index contributed by atoms with van der Waals surface area (Å²) in [6, 6.07) is 13.0. The molecule has 1 heterocycles. The van der Waals surface area contributed by atoms with Gasteiger partial charge in [-0.05, 0) is 54.6 Å². The van der Waals surface area contributed by atoms with Gasteiger partial charge in [0.05, 0.1) is 7.11 Å². The summed E-state index contributed by atoms with van der Waals surface area (Å²) in [6.45, 7) is -0.142. The number of nitrogens with zero attached hydrogens (tertiary/aromatic N) is 2. The van der Waals surface area contributed by atoms with E-state index in [0.717, 1.165) is 12.1 Å². The number of esters is 1. The maximum Gasteiger partial charge on any atom is 0.573 e. The van der Waals surface area contributed by atoms with Gasteiger partial charge in [-0.2, -0.15) is 0 Å². The first-order valence-corrected chi connectivity index (χ1v) is 8.98. The van der Waals surface area contributed by atoms with Crippen LogP contribution in [-0.4, -0.2) is 41.1 Å². The highest BCUT2D eigenvalue weighted by Crippen LogP contribution is 2.28. The molecular weight excluding hydrogens is 417 g/mol. The molecule has 0 saturated heterocycles. The number of aliphatic hydroxyl groups excluding tert-OH is 1. The van der Waals surface area contributed by atoms with Crippen LogP contribution < -0.4 is 9.47 Å². The minimum Gasteiger partial charge on any atom is -0.464 e. The third kappa shape index (κ3) is 6.16. The van der Waals surface area contributed by atoms with Gasteiger partial charge < -0.3 is 19.3 Å². The lowest BCUT2D eigenvalue weighted by molar-refractivity contribution is -0.274. The average Bonchev–Trinajstić information content (AvgIpc) is 2.74. The molecule has 2 aromatic carbocycles. The average molecular weight is 434 g/mol. The highest BCUT2D eigenvalue weighted by atomic mass is 19.4. The molecule has 0 saturated carbocycles. The maximum absolute atomic E-state index is 12.2. The third-order valence-corrected chi connectivity index (χ3v) is 3.95. The molecule has 31 heavy (non-hydrogen) atoms. The van der Waals surface area contributed by atoms with Crippen molar-refractivity contribution in [3.8, 4) is 28.6 Å². The molecule has 1 aromatic heterocycles. The van der Waals surface area contributed by atoms with Gasteiger partial charge in [-0.25, -0.2) is 14.8 Å². The topological polar surface area (TPSA) is 90.8 Å². The Balaban J connectivity index is 1.77. The number of carbonyl (C=O) groups excluding carboxylic acids is 1. The first-order chi connectivity index (χ1) is 14.8. The number of aliphatic hydroxyl groups is 1. The highest BCUT2D eigenvalue weighted by Gasteiger charge is 2.31. The van der Waals surface area contributed by atoms with Crippen molar-refractivity contribution in [2.75, 3.05) is 13.7 Å². The fraction of sp³-hybridized carbons (Fsp3) is 0.190. The predicted molar refractivity (Wildman–Crippen MR) is 103 cm³/mol. The van der Waals surface area contributed by atoms with Crippen LogP contribution in [0, 0.1) is 0 Å². The number of rotatable bonds is 7. The van der Waals surface area contributed by atoms with Crippen molar-refractivity contribution >= 4 is 5.97 Å². The van der Waals surface area contributed by atoms with E-state index >= 15 is 0 Å². The van der Waals surface area contributed by atoms with E-state index in [1.165, 1.54) is 25.3 Å². The first-order valence-electron chi connectivity index (χ1n) is 8.98. The van der Waals surface area contributed by atoms with Crippen LogP contribution in [0.5, 0.6) is 17.2 Å². The quantitative estimate of drug-likeness (QED) is 0.559. The zero-order chi connectivity index (χ0) is 22.4. The predicted octanol–water partition coefficient (Wildman–Crippen LogP) is 4.16. The molecule has 3 rings (SSSR count). The number of ether oxygens (including phenoxy) is 3. The SMILES string of the molecule is COC(=O)c1cc(CCO)nc(-c2ccc(Oc3ccc(OC(F)(F)F)cc3)cc2)n1. The van der Waals surface area contributed by atoms with Gasteiger partial charge in [-0.15, -0.1) is 13.2 Å². The molecule has 0 aliphatic rings. The van der Waals surface area contributed by atoms with Gasteiger partial charge in [-0.1, -0.05) is 0 Å². The van der Waals surface area contributed by atoms with Crippen LogP contribution in [0.25, 0.3) is 11.4 Å². The van der Waals surface area contributed by atoms with Crippen molar-refractivity contribution in [3.63, 3.8) is 0 Å². The number of benzene rings is 2. The standard InChI is InChI=1S/C21H17F3N2O5/c1-29-20(28)18-12-14(10-11-27)25-19(26-18)13-2-4-15(5-3-13)30-16-6-8-17(9-7-16)31-21(22,23)24/h2-9,12,27H,10-11H2,1H3. The fourth-order valence-corrected chi connectivity index (χ4v) is 2.60. The van der Waals surface area contributed by atoms with E-state index in [2.05, 4.69) is 14.7 Å². The van der Waals surface area contributed by atoms with Crippen LogP contribution in [0.1, 0.15) is 16.2 Å². The third-order valence-electron chi connectivity index (χ3n) is 3.95. The van der Waals surface area contributed by atoms with E-state index in [4.69, 9.17) is 14.6 Å². The number of hydrogen-bond acceptors (Lipinski definition) is 7. The van der Waals surface area contributed by atoms with Crippen molar-refractivity contribution in [1.29, 1.82) is 0 Å². The van der Waals surface area contributed by atoms with E-state index in [1.807, 2.05) is 0 Å². The van der Waals surface area contributed by atoms with Gasteiger partial charge in [0.15, 0.2) is 11.5 Å². The molecule has 0 fully saturated rings. The molecule has 0 unspecified atom stereocenters. The van der Waals surface area contributed by atoms with Gasteiger partial charge in [0, 0.05) is 24.3 Å². The number of alkyl halides is 3. The van der Waals surface area contributed by atoms with E-state index < -0.39 is 12.3 Å². The van der Waals surface area contributed by atoms with Crippen LogP contribution >= 0.6 is 0 Å². The zero-order valence-corrected chi connectivity index (χ0v) is 16.2. The van der Waals surface area contributed by atoms with Crippen molar-refractivity contribution in [2.45, 2.75) is 12.8 Å². The zero-order valence-electron chi connectivity index (χ0n) is 16.2. The van der Waals surface area contributed by atoms with Gasteiger partial charge in [0.2, 0.25) is 0 Å². The Morgan fingerprint density at radius 2 is 1.55 bits per heavy atom. The number of hydrogen-bond donors (Lipinski definition) is 1. The van der Waals surface area contributed by atoms with Crippen LogP contribution in [0.4, 0.5) is 13.2 Å². The number of carbonyl (C=O) groups is 1. The minimum atomic E-state index is -4.76. The molecule has 1 N–H and O–H groups in total. The maximum atomic E-state index is 12.2. The molecule has 0 spiro atoms. The van der Waals surface area contributed by atoms with Crippen molar-refractivity contribution in [2.24, 2.45) is 0 Å². The molecule has 7 nitrogen and oxygen atoms in total. The van der Waals surface area contributed by atoms with Gasteiger partial charge in [-0.3, -0.25) is 0 Å². The molecule has 0 bridgehead atoms. The number of methoxy groups -OCH3 is 1. The lowest BCUT2D eigenvalue weighted by Crippen LogP contribution is -2.16. The van der Waals surface area contributed by atoms with E-state index in [9.17, 15) is 18.0 Å². The summed E-state index contributed by atoms with van der Waals surface area (Å²) in [5, 5.41) is 9.16. The lowest BCUT2D eigenvalue weighted by Gasteiger charge is -2.10. The molecule has 0 aliphatic heterocycles. The molecule has 10 heteroatoms. The second kappa shape index (κ2) is 9.43. The Kier molecular flexibility index (Phi) is 6.71. The molecule has 0 atom stereocenters. The Labute approximate surface area is 175 Å². The Morgan fingerprint density at radius 3 is 2.10 bits per heavy atom. The highest BCUT2D eigenvalue weighted by molar-refractivity contribution is 5.87. The van der Waals surface area contributed by atoms with Crippen LogP contribution in [-0.2, 0) is 11.2 Å². The summed E-state index contributed by atoms with van der Waals surface area (Å²) >= 11 is 0. The van der Waals surface area contributed by atoms with Crippen molar-refractivity contribution < 1.29 is 37.3 Å². The molecule has 0 radical (unpaired) electrons. The number of aromatic nitrogens is 2. The fourth-order valence-electron chi connectivity index (χ4n) is 2.60.